The highest BCUT2D eigenvalue weighted by Crippen LogP contribution is 2.23. The fourth-order valence-electron chi connectivity index (χ4n) is 2.53. The van der Waals surface area contributed by atoms with Crippen LogP contribution in [0, 0.1) is 5.95 Å². The van der Waals surface area contributed by atoms with Gasteiger partial charge in [-0.05, 0) is 31.3 Å². The van der Waals surface area contributed by atoms with E-state index in [0.717, 1.165) is 19.6 Å². The van der Waals surface area contributed by atoms with Crippen LogP contribution in [0.25, 0.3) is 0 Å². The average molecular weight is 323 g/mol. The molecule has 1 aromatic heterocycles. The van der Waals surface area contributed by atoms with Crippen LogP contribution < -0.4 is 15.5 Å². The van der Waals surface area contributed by atoms with Crippen molar-refractivity contribution in [2.45, 2.75) is 19.4 Å². The lowest BCUT2D eigenvalue weighted by molar-refractivity contribution is 0.300. The number of hydrogen-bond donors (Lipinski definition) is 2. The number of hydrogen-bond acceptors (Lipinski definition) is 5. The first-order valence-corrected chi connectivity index (χ1v) is 7.69. The molecular weight excluding hydrogens is 305 g/mol. The van der Waals surface area contributed by atoms with Gasteiger partial charge in [0.1, 0.15) is 11.4 Å². The Balaban J connectivity index is 1.71. The predicted molar refractivity (Wildman–Crippen MR) is 85.6 cm³/mol. The van der Waals surface area contributed by atoms with Crippen LogP contribution in [-0.4, -0.2) is 53.0 Å². The van der Waals surface area contributed by atoms with E-state index >= 15 is 0 Å². The number of thiocarbonyl (C=S) groups is 1. The summed E-state index contributed by atoms with van der Waals surface area (Å²) < 4.78 is 18.8. The minimum Gasteiger partial charge on any atom is -0.491 e. The number of rotatable bonds is 1. The molecule has 22 heavy (non-hydrogen) atoms. The zero-order valence-electron chi connectivity index (χ0n) is 12.3. The van der Waals surface area contributed by atoms with Gasteiger partial charge in [-0.3, -0.25) is 5.43 Å². The van der Waals surface area contributed by atoms with E-state index in [1.165, 1.54) is 6.07 Å². The van der Waals surface area contributed by atoms with Crippen LogP contribution in [-0.2, 0) is 0 Å². The Bertz CT molecular complexity index is 609. The molecule has 118 valence electrons. The SMILES string of the molecule is CC1CN(C(=S)N/N=C2/CCOc3ccc(F)nc32)CCN1. The molecule has 1 aromatic rings. The minimum absolute atomic E-state index is 0.390. The number of hydrazone groups is 1. The standard InChI is InChI=1S/C14H18FN5OS/c1-9-8-20(6-5-16-9)14(22)19-18-10-4-7-21-11-2-3-12(15)17-13(10)11/h2-3,9,16H,4-8H2,1H3,(H,19,22)/b18-10-. The summed E-state index contributed by atoms with van der Waals surface area (Å²) in [6, 6.07) is 3.24. The Labute approximate surface area is 133 Å². The number of nitrogens with zero attached hydrogens (tertiary/aromatic N) is 3. The summed E-state index contributed by atoms with van der Waals surface area (Å²) in [6.45, 7) is 5.18. The van der Waals surface area contributed by atoms with Crippen molar-refractivity contribution in [1.29, 1.82) is 0 Å². The smallest absolute Gasteiger partial charge is 0.213 e. The summed E-state index contributed by atoms with van der Waals surface area (Å²) in [7, 11) is 0. The molecule has 1 saturated heterocycles. The average Bonchev–Trinajstić information content (AvgIpc) is 2.52. The highest BCUT2D eigenvalue weighted by Gasteiger charge is 2.21. The third-order valence-corrected chi connectivity index (χ3v) is 3.99. The topological polar surface area (TPSA) is 61.8 Å². The van der Waals surface area contributed by atoms with E-state index in [0.29, 0.717) is 41.3 Å². The van der Waals surface area contributed by atoms with Gasteiger partial charge in [0, 0.05) is 32.1 Å². The van der Waals surface area contributed by atoms with Crippen molar-refractivity contribution in [3.8, 4) is 5.75 Å². The van der Waals surface area contributed by atoms with Gasteiger partial charge in [0.2, 0.25) is 5.95 Å². The van der Waals surface area contributed by atoms with Crippen molar-refractivity contribution in [2.24, 2.45) is 5.10 Å². The number of ether oxygens (including phenoxy) is 1. The first-order chi connectivity index (χ1) is 10.6. The van der Waals surface area contributed by atoms with Crippen molar-refractivity contribution in [3.05, 3.63) is 23.8 Å². The summed E-state index contributed by atoms with van der Waals surface area (Å²) in [4.78, 5) is 5.94. The molecule has 1 fully saturated rings. The fourth-order valence-corrected chi connectivity index (χ4v) is 2.74. The molecule has 6 nitrogen and oxygen atoms in total. The number of halogens is 1. The summed E-state index contributed by atoms with van der Waals surface area (Å²) in [5.74, 6) is 0.00497. The molecule has 2 aliphatic heterocycles. The maximum atomic E-state index is 13.3. The van der Waals surface area contributed by atoms with Crippen LogP contribution in [0.5, 0.6) is 5.75 Å². The van der Waals surface area contributed by atoms with Gasteiger partial charge in [-0.15, -0.1) is 0 Å². The second-order valence-electron chi connectivity index (χ2n) is 5.36. The van der Waals surface area contributed by atoms with Crippen molar-refractivity contribution >= 4 is 23.0 Å². The van der Waals surface area contributed by atoms with E-state index in [1.54, 1.807) is 6.07 Å². The maximum absolute atomic E-state index is 13.3. The van der Waals surface area contributed by atoms with Crippen molar-refractivity contribution in [1.82, 2.24) is 20.6 Å². The molecule has 0 aliphatic carbocycles. The largest absolute Gasteiger partial charge is 0.491 e. The zero-order chi connectivity index (χ0) is 15.5. The zero-order valence-corrected chi connectivity index (χ0v) is 13.1. The van der Waals surface area contributed by atoms with Gasteiger partial charge in [-0.1, -0.05) is 0 Å². The molecular formula is C14H18FN5OS. The lowest BCUT2D eigenvalue weighted by Gasteiger charge is -2.33. The van der Waals surface area contributed by atoms with Gasteiger partial charge in [-0.2, -0.15) is 9.49 Å². The monoisotopic (exact) mass is 323 g/mol. The summed E-state index contributed by atoms with van der Waals surface area (Å²) in [6.07, 6.45) is 0.566. The molecule has 3 rings (SSSR count). The van der Waals surface area contributed by atoms with Gasteiger partial charge in [-0.25, -0.2) is 4.98 Å². The van der Waals surface area contributed by atoms with E-state index in [2.05, 4.69) is 32.7 Å². The highest BCUT2D eigenvalue weighted by atomic mass is 32.1. The van der Waals surface area contributed by atoms with Crippen LogP contribution in [0.4, 0.5) is 4.39 Å². The molecule has 0 amide bonds. The third kappa shape index (κ3) is 3.33. The molecule has 0 spiro atoms. The number of pyridine rings is 1. The molecule has 1 atom stereocenters. The molecule has 3 heterocycles. The second-order valence-corrected chi connectivity index (χ2v) is 5.74. The molecule has 0 radical (unpaired) electrons. The Morgan fingerprint density at radius 2 is 2.45 bits per heavy atom. The van der Waals surface area contributed by atoms with Gasteiger partial charge in [0.05, 0.1) is 12.3 Å². The molecule has 8 heteroatoms. The summed E-state index contributed by atoms with van der Waals surface area (Å²) in [5, 5.41) is 8.25. The summed E-state index contributed by atoms with van der Waals surface area (Å²) in [5.41, 5.74) is 4.00. The lowest BCUT2D eigenvalue weighted by Crippen LogP contribution is -2.53. The van der Waals surface area contributed by atoms with Crippen molar-refractivity contribution in [3.63, 3.8) is 0 Å². The van der Waals surface area contributed by atoms with E-state index in [1.807, 2.05) is 0 Å². The lowest BCUT2D eigenvalue weighted by atomic mass is 10.1. The number of fused-ring (bicyclic) bond motifs is 1. The fraction of sp³-hybridized carbons (Fsp3) is 0.500. The van der Waals surface area contributed by atoms with Crippen LogP contribution >= 0.6 is 12.2 Å². The first kappa shape index (κ1) is 15.1. The van der Waals surface area contributed by atoms with Gasteiger partial charge >= 0.3 is 0 Å². The molecule has 0 aromatic carbocycles. The number of piperazine rings is 1. The molecule has 1 unspecified atom stereocenters. The quantitative estimate of drug-likeness (QED) is 0.454. The van der Waals surface area contributed by atoms with Crippen LogP contribution in [0.1, 0.15) is 19.0 Å². The van der Waals surface area contributed by atoms with E-state index < -0.39 is 5.95 Å². The predicted octanol–water partition coefficient (Wildman–Crippen LogP) is 0.876. The van der Waals surface area contributed by atoms with E-state index in [4.69, 9.17) is 17.0 Å². The molecule has 0 bridgehead atoms. The normalized spacial score (nSPS) is 22.9. The number of aromatic nitrogens is 1. The minimum atomic E-state index is -0.546. The van der Waals surface area contributed by atoms with Crippen molar-refractivity contribution in [2.75, 3.05) is 26.2 Å². The Hall–Kier alpha value is -1.80. The van der Waals surface area contributed by atoms with Crippen LogP contribution in [0.15, 0.2) is 17.2 Å². The van der Waals surface area contributed by atoms with Crippen LogP contribution in [0.3, 0.4) is 0 Å². The third-order valence-electron chi connectivity index (χ3n) is 3.64. The van der Waals surface area contributed by atoms with Crippen molar-refractivity contribution < 1.29 is 9.13 Å². The molecule has 2 aliphatic rings. The molecule has 2 N–H and O–H groups in total. The first-order valence-electron chi connectivity index (χ1n) is 7.28. The van der Waals surface area contributed by atoms with Gasteiger partial charge < -0.3 is 15.0 Å². The number of nitrogens with one attached hydrogen (secondary N) is 2. The maximum Gasteiger partial charge on any atom is 0.213 e. The molecule has 0 saturated carbocycles. The Morgan fingerprint density at radius 1 is 1.59 bits per heavy atom. The van der Waals surface area contributed by atoms with E-state index in [9.17, 15) is 4.39 Å². The highest BCUT2D eigenvalue weighted by molar-refractivity contribution is 7.80. The summed E-state index contributed by atoms with van der Waals surface area (Å²) >= 11 is 5.37. The van der Waals surface area contributed by atoms with Crippen LogP contribution in [0.2, 0.25) is 0 Å². The van der Waals surface area contributed by atoms with E-state index in [-0.39, 0.29) is 0 Å². The second kappa shape index (κ2) is 6.53. The Kier molecular flexibility index (Phi) is 4.49. The van der Waals surface area contributed by atoms with Gasteiger partial charge in [0.25, 0.3) is 0 Å². The van der Waals surface area contributed by atoms with Gasteiger partial charge in [0.15, 0.2) is 5.11 Å². The Morgan fingerprint density at radius 3 is 3.27 bits per heavy atom.